The predicted molar refractivity (Wildman–Crippen MR) is 59.5 cm³/mol. The second kappa shape index (κ2) is 4.11. The fourth-order valence-corrected chi connectivity index (χ4v) is 2.07. The van der Waals surface area contributed by atoms with Crippen molar-refractivity contribution in [3.05, 3.63) is 23.8 Å². The maximum absolute atomic E-state index is 5.98. The third kappa shape index (κ3) is 1.92. The molecule has 0 fully saturated rings. The molecule has 0 spiro atoms. The number of hydrogen-bond acceptors (Lipinski definition) is 3. The van der Waals surface area contributed by atoms with Crippen LogP contribution in [-0.2, 0) is 0 Å². The lowest BCUT2D eigenvalue weighted by Crippen LogP contribution is -2.29. The van der Waals surface area contributed by atoms with Crippen LogP contribution in [0.3, 0.4) is 0 Å². The van der Waals surface area contributed by atoms with Crippen molar-refractivity contribution < 1.29 is 9.47 Å². The van der Waals surface area contributed by atoms with E-state index in [1.165, 1.54) is 5.56 Å². The van der Waals surface area contributed by atoms with Crippen LogP contribution in [0.1, 0.15) is 24.8 Å². The quantitative estimate of drug-likeness (QED) is 0.805. The lowest BCUT2D eigenvalue weighted by atomic mass is 9.88. The van der Waals surface area contributed by atoms with E-state index in [0.29, 0.717) is 5.92 Å². The van der Waals surface area contributed by atoms with Gasteiger partial charge in [0, 0.05) is 17.5 Å². The molecule has 1 aromatic carbocycles. The van der Waals surface area contributed by atoms with Crippen LogP contribution in [0.2, 0.25) is 0 Å². The minimum absolute atomic E-state index is 0.153. The lowest BCUT2D eigenvalue weighted by molar-refractivity contribution is 0.257. The van der Waals surface area contributed by atoms with Crippen molar-refractivity contribution >= 4 is 0 Å². The summed E-state index contributed by atoms with van der Waals surface area (Å²) in [6, 6.07) is 6.06. The van der Waals surface area contributed by atoms with Crippen LogP contribution >= 0.6 is 0 Å². The molecule has 1 heterocycles. The Morgan fingerprint density at radius 1 is 1.53 bits per heavy atom. The van der Waals surface area contributed by atoms with Gasteiger partial charge < -0.3 is 15.2 Å². The molecule has 15 heavy (non-hydrogen) atoms. The van der Waals surface area contributed by atoms with Crippen LogP contribution in [0.25, 0.3) is 0 Å². The Kier molecular flexibility index (Phi) is 2.82. The molecule has 2 N–H and O–H groups in total. The van der Waals surface area contributed by atoms with Gasteiger partial charge in [-0.3, -0.25) is 0 Å². The molecular weight excluding hydrogens is 190 g/mol. The van der Waals surface area contributed by atoms with Crippen molar-refractivity contribution in [1.29, 1.82) is 0 Å². The Bertz CT molecular complexity index is 349. The highest BCUT2D eigenvalue weighted by Crippen LogP contribution is 2.37. The average Bonchev–Trinajstić information content (AvgIpc) is 2.27. The first-order chi connectivity index (χ1) is 7.22. The van der Waals surface area contributed by atoms with Gasteiger partial charge in [0.15, 0.2) is 0 Å². The van der Waals surface area contributed by atoms with Gasteiger partial charge in [0.05, 0.1) is 13.7 Å². The van der Waals surface area contributed by atoms with Gasteiger partial charge in [-0.1, -0.05) is 0 Å². The zero-order chi connectivity index (χ0) is 10.8. The zero-order valence-electron chi connectivity index (χ0n) is 9.19. The molecule has 2 atom stereocenters. The van der Waals surface area contributed by atoms with Gasteiger partial charge in [-0.2, -0.15) is 0 Å². The minimum atomic E-state index is 0.153. The molecule has 3 heteroatoms. The van der Waals surface area contributed by atoms with Gasteiger partial charge in [-0.25, -0.2) is 0 Å². The van der Waals surface area contributed by atoms with Gasteiger partial charge >= 0.3 is 0 Å². The summed E-state index contributed by atoms with van der Waals surface area (Å²) in [6.45, 7) is 2.80. The standard InChI is InChI=1S/C12H17NO2/c1-8(13)10-5-6-15-12-4-3-9(14-2)7-11(10)12/h3-4,7-8,10H,5-6,13H2,1-2H3. The lowest BCUT2D eigenvalue weighted by Gasteiger charge is -2.28. The van der Waals surface area contributed by atoms with E-state index in [0.717, 1.165) is 24.5 Å². The fourth-order valence-electron chi connectivity index (χ4n) is 2.07. The summed E-state index contributed by atoms with van der Waals surface area (Å²) in [7, 11) is 1.67. The number of nitrogens with two attached hydrogens (primary N) is 1. The highest BCUT2D eigenvalue weighted by Gasteiger charge is 2.24. The second-order valence-corrected chi connectivity index (χ2v) is 4.01. The summed E-state index contributed by atoms with van der Waals surface area (Å²) in [5.74, 6) is 2.19. The molecule has 0 saturated heterocycles. The van der Waals surface area contributed by atoms with Gasteiger partial charge in [0.25, 0.3) is 0 Å². The van der Waals surface area contributed by atoms with Crippen LogP contribution in [0.4, 0.5) is 0 Å². The van der Waals surface area contributed by atoms with Gasteiger partial charge in [-0.05, 0) is 31.5 Å². The second-order valence-electron chi connectivity index (χ2n) is 4.01. The van der Waals surface area contributed by atoms with E-state index in [2.05, 4.69) is 0 Å². The Hall–Kier alpha value is -1.22. The number of fused-ring (bicyclic) bond motifs is 1. The molecule has 1 aromatic rings. The summed E-state index contributed by atoms with van der Waals surface area (Å²) >= 11 is 0. The van der Waals surface area contributed by atoms with E-state index >= 15 is 0 Å². The van der Waals surface area contributed by atoms with Crippen molar-refractivity contribution in [2.45, 2.75) is 25.3 Å². The summed E-state index contributed by atoms with van der Waals surface area (Å²) in [4.78, 5) is 0. The Morgan fingerprint density at radius 2 is 2.33 bits per heavy atom. The summed E-state index contributed by atoms with van der Waals surface area (Å²) in [5.41, 5.74) is 7.15. The highest BCUT2D eigenvalue weighted by atomic mass is 16.5. The molecule has 1 aliphatic rings. The molecule has 2 rings (SSSR count). The molecule has 0 bridgehead atoms. The van der Waals surface area contributed by atoms with Gasteiger partial charge in [0.1, 0.15) is 11.5 Å². The van der Waals surface area contributed by atoms with E-state index in [9.17, 15) is 0 Å². The molecule has 0 aliphatic carbocycles. The van der Waals surface area contributed by atoms with Crippen molar-refractivity contribution in [2.75, 3.05) is 13.7 Å². The Balaban J connectivity index is 2.39. The normalized spacial score (nSPS) is 21.4. The van der Waals surface area contributed by atoms with E-state index < -0.39 is 0 Å². The van der Waals surface area contributed by atoms with Crippen LogP contribution in [0.15, 0.2) is 18.2 Å². The highest BCUT2D eigenvalue weighted by molar-refractivity contribution is 5.44. The van der Waals surface area contributed by atoms with E-state index in [4.69, 9.17) is 15.2 Å². The molecular formula is C12H17NO2. The molecule has 0 saturated carbocycles. The molecule has 0 amide bonds. The van der Waals surface area contributed by atoms with Crippen LogP contribution in [-0.4, -0.2) is 19.8 Å². The third-order valence-corrected chi connectivity index (χ3v) is 2.94. The molecule has 82 valence electrons. The van der Waals surface area contributed by atoms with Crippen LogP contribution in [0.5, 0.6) is 11.5 Å². The first-order valence-corrected chi connectivity index (χ1v) is 5.28. The van der Waals surface area contributed by atoms with Gasteiger partial charge in [0.2, 0.25) is 0 Å². The van der Waals surface area contributed by atoms with Crippen LogP contribution in [0, 0.1) is 0 Å². The average molecular weight is 207 g/mol. The Labute approximate surface area is 90.2 Å². The zero-order valence-corrected chi connectivity index (χ0v) is 9.19. The fraction of sp³-hybridized carbons (Fsp3) is 0.500. The number of benzene rings is 1. The molecule has 1 aliphatic heterocycles. The number of hydrogen-bond donors (Lipinski definition) is 1. The van der Waals surface area contributed by atoms with Crippen molar-refractivity contribution in [2.24, 2.45) is 5.73 Å². The summed E-state index contributed by atoms with van der Waals surface area (Å²) in [5, 5.41) is 0. The van der Waals surface area contributed by atoms with Crippen molar-refractivity contribution in [3.8, 4) is 11.5 Å². The third-order valence-electron chi connectivity index (χ3n) is 2.94. The minimum Gasteiger partial charge on any atom is -0.497 e. The first-order valence-electron chi connectivity index (χ1n) is 5.28. The maximum atomic E-state index is 5.98. The number of ether oxygens (including phenoxy) is 2. The maximum Gasteiger partial charge on any atom is 0.123 e. The number of rotatable bonds is 2. The van der Waals surface area contributed by atoms with Crippen molar-refractivity contribution in [1.82, 2.24) is 0 Å². The monoisotopic (exact) mass is 207 g/mol. The molecule has 3 nitrogen and oxygen atoms in total. The first kappa shape index (κ1) is 10.3. The Morgan fingerprint density at radius 3 is 3.00 bits per heavy atom. The van der Waals surface area contributed by atoms with E-state index in [-0.39, 0.29) is 6.04 Å². The largest absolute Gasteiger partial charge is 0.497 e. The topological polar surface area (TPSA) is 44.5 Å². The van der Waals surface area contributed by atoms with E-state index in [1.54, 1.807) is 7.11 Å². The molecule has 0 aromatic heterocycles. The SMILES string of the molecule is COc1ccc2c(c1)C(C(C)N)CCO2. The van der Waals surface area contributed by atoms with Crippen LogP contribution < -0.4 is 15.2 Å². The van der Waals surface area contributed by atoms with E-state index in [1.807, 2.05) is 25.1 Å². The van der Waals surface area contributed by atoms with Crippen molar-refractivity contribution in [3.63, 3.8) is 0 Å². The summed E-state index contributed by atoms with van der Waals surface area (Å²) < 4.78 is 10.8. The molecule has 0 radical (unpaired) electrons. The molecule has 2 unspecified atom stereocenters. The number of methoxy groups -OCH3 is 1. The summed E-state index contributed by atoms with van der Waals surface area (Å²) in [6.07, 6.45) is 0.984. The smallest absolute Gasteiger partial charge is 0.123 e. The predicted octanol–water partition coefficient (Wildman–Crippen LogP) is 1.91. The van der Waals surface area contributed by atoms with Gasteiger partial charge in [-0.15, -0.1) is 0 Å².